The van der Waals surface area contributed by atoms with Crippen LogP contribution in [0.25, 0.3) is 0 Å². The Balaban J connectivity index is 1.86. The van der Waals surface area contributed by atoms with Crippen LogP contribution >= 0.6 is 11.6 Å². The predicted octanol–water partition coefficient (Wildman–Crippen LogP) is 3.93. The maximum Gasteiger partial charge on any atom is 0.167 e. The topological polar surface area (TPSA) is 23.6 Å². The monoisotopic (exact) mass is 342 g/mol. The minimum atomic E-state index is -0.0126. The molecule has 0 aliphatic carbocycles. The molecule has 3 nitrogen and oxygen atoms in total. The summed E-state index contributed by atoms with van der Waals surface area (Å²) in [7, 11) is 6.15. The Bertz CT molecular complexity index is 709. The van der Waals surface area contributed by atoms with Crippen LogP contribution in [0.3, 0.4) is 0 Å². The van der Waals surface area contributed by atoms with Gasteiger partial charge in [-0.1, -0.05) is 23.7 Å². The number of likely N-dealkylation sites (N-methyl/N-ethyl adjacent to an activating group) is 1. The minimum absolute atomic E-state index is 0.0126. The quantitative estimate of drug-likeness (QED) is 0.786. The lowest BCUT2D eigenvalue weighted by molar-refractivity contribution is 0.0915. The van der Waals surface area contributed by atoms with Gasteiger partial charge in [-0.3, -0.25) is 4.79 Å². The third kappa shape index (κ3) is 3.47. The van der Waals surface area contributed by atoms with Gasteiger partial charge in [0.2, 0.25) is 0 Å². The maximum absolute atomic E-state index is 13.0. The lowest BCUT2D eigenvalue weighted by Gasteiger charge is -2.19. The SMILES string of the molecule is CN1C[C@H](C(=O)c2ccc(Cl)cc2)[C@H](c2ccc(N(C)C)cc2)C1. The Labute approximate surface area is 148 Å². The first-order valence-corrected chi connectivity index (χ1v) is 8.59. The fraction of sp³-hybridized carbons (Fsp3) is 0.350. The second-order valence-corrected chi connectivity index (χ2v) is 7.23. The molecule has 0 N–H and O–H groups in total. The largest absolute Gasteiger partial charge is 0.378 e. The first kappa shape index (κ1) is 17.0. The van der Waals surface area contributed by atoms with E-state index in [-0.39, 0.29) is 17.6 Å². The number of carbonyl (C=O) groups is 1. The van der Waals surface area contributed by atoms with E-state index in [0.717, 1.165) is 18.7 Å². The van der Waals surface area contributed by atoms with Crippen LogP contribution in [0.2, 0.25) is 5.02 Å². The summed E-state index contributed by atoms with van der Waals surface area (Å²) in [6.07, 6.45) is 0. The lowest BCUT2D eigenvalue weighted by atomic mass is 9.84. The number of nitrogens with zero attached hydrogens (tertiary/aromatic N) is 2. The number of hydrogen-bond donors (Lipinski definition) is 0. The summed E-state index contributed by atoms with van der Waals surface area (Å²) in [6.45, 7) is 1.70. The number of likely N-dealkylation sites (tertiary alicyclic amines) is 1. The molecular formula is C20H23ClN2O. The molecule has 1 aliphatic heterocycles. The zero-order chi connectivity index (χ0) is 17.3. The molecule has 2 atom stereocenters. The van der Waals surface area contributed by atoms with Crippen LogP contribution in [0.4, 0.5) is 5.69 Å². The van der Waals surface area contributed by atoms with Crippen molar-refractivity contribution >= 4 is 23.1 Å². The summed E-state index contributed by atoms with van der Waals surface area (Å²) in [5.74, 6) is 0.425. The molecule has 0 amide bonds. The molecular weight excluding hydrogens is 320 g/mol. The molecule has 1 saturated heterocycles. The molecule has 1 fully saturated rings. The number of halogens is 1. The van der Waals surface area contributed by atoms with E-state index in [4.69, 9.17) is 11.6 Å². The van der Waals surface area contributed by atoms with Crippen molar-refractivity contribution in [2.24, 2.45) is 5.92 Å². The average molecular weight is 343 g/mol. The molecule has 3 rings (SSSR count). The first-order chi connectivity index (χ1) is 11.5. The molecule has 0 spiro atoms. The number of anilines is 1. The summed E-state index contributed by atoms with van der Waals surface area (Å²) in [5.41, 5.74) is 3.15. The maximum atomic E-state index is 13.0. The van der Waals surface area contributed by atoms with E-state index >= 15 is 0 Å². The molecule has 0 unspecified atom stereocenters. The van der Waals surface area contributed by atoms with E-state index in [1.165, 1.54) is 11.3 Å². The van der Waals surface area contributed by atoms with E-state index in [0.29, 0.717) is 5.02 Å². The van der Waals surface area contributed by atoms with Gasteiger partial charge in [-0.2, -0.15) is 0 Å². The standard InChI is InChI=1S/C20H23ClN2O/c1-22(2)17-10-6-14(7-11-17)18-12-23(3)13-19(18)20(24)15-4-8-16(21)9-5-15/h4-11,18-19H,12-13H2,1-3H3/t18-,19-/m0/s1. The Kier molecular flexibility index (Phi) is 4.93. The highest BCUT2D eigenvalue weighted by Crippen LogP contribution is 2.35. The van der Waals surface area contributed by atoms with Gasteiger partial charge in [0.15, 0.2) is 5.78 Å². The zero-order valence-corrected chi connectivity index (χ0v) is 15.1. The van der Waals surface area contributed by atoms with Crippen molar-refractivity contribution in [3.63, 3.8) is 0 Å². The minimum Gasteiger partial charge on any atom is -0.378 e. The van der Waals surface area contributed by atoms with Gasteiger partial charge >= 0.3 is 0 Å². The third-order valence-corrected chi connectivity index (χ3v) is 5.06. The summed E-state index contributed by atoms with van der Waals surface area (Å²) >= 11 is 5.94. The van der Waals surface area contributed by atoms with Gasteiger partial charge in [-0.15, -0.1) is 0 Å². The molecule has 24 heavy (non-hydrogen) atoms. The van der Waals surface area contributed by atoms with Crippen LogP contribution in [0.5, 0.6) is 0 Å². The normalized spacial score (nSPS) is 21.0. The molecule has 0 saturated carbocycles. The smallest absolute Gasteiger partial charge is 0.167 e. The van der Waals surface area contributed by atoms with Gasteiger partial charge in [0.1, 0.15) is 0 Å². The highest BCUT2D eigenvalue weighted by molar-refractivity contribution is 6.30. The second kappa shape index (κ2) is 6.96. The van der Waals surface area contributed by atoms with E-state index < -0.39 is 0 Å². The molecule has 0 radical (unpaired) electrons. The van der Waals surface area contributed by atoms with Crippen molar-refractivity contribution < 1.29 is 4.79 Å². The van der Waals surface area contributed by atoms with Gasteiger partial charge < -0.3 is 9.80 Å². The summed E-state index contributed by atoms with van der Waals surface area (Å²) in [4.78, 5) is 17.3. The Morgan fingerprint density at radius 2 is 1.67 bits per heavy atom. The number of ketones is 1. The number of hydrogen-bond acceptors (Lipinski definition) is 3. The molecule has 0 bridgehead atoms. The Hall–Kier alpha value is -1.84. The number of carbonyl (C=O) groups excluding carboxylic acids is 1. The molecule has 2 aromatic carbocycles. The fourth-order valence-electron chi connectivity index (χ4n) is 3.45. The van der Waals surface area contributed by atoms with Crippen molar-refractivity contribution in [3.8, 4) is 0 Å². The van der Waals surface area contributed by atoms with Crippen molar-refractivity contribution in [1.29, 1.82) is 0 Å². The van der Waals surface area contributed by atoms with Crippen LogP contribution in [-0.4, -0.2) is 44.9 Å². The van der Waals surface area contributed by atoms with Crippen LogP contribution in [-0.2, 0) is 0 Å². The van der Waals surface area contributed by atoms with E-state index in [1.54, 1.807) is 12.1 Å². The van der Waals surface area contributed by atoms with Crippen molar-refractivity contribution in [1.82, 2.24) is 4.90 Å². The van der Waals surface area contributed by atoms with E-state index in [2.05, 4.69) is 41.1 Å². The van der Waals surface area contributed by atoms with Crippen molar-refractivity contribution in [3.05, 3.63) is 64.7 Å². The molecule has 1 aliphatic rings. The van der Waals surface area contributed by atoms with Crippen molar-refractivity contribution in [2.45, 2.75) is 5.92 Å². The highest BCUT2D eigenvalue weighted by atomic mass is 35.5. The Morgan fingerprint density at radius 3 is 2.25 bits per heavy atom. The first-order valence-electron chi connectivity index (χ1n) is 8.21. The third-order valence-electron chi connectivity index (χ3n) is 4.81. The van der Waals surface area contributed by atoms with Crippen LogP contribution in [0, 0.1) is 5.92 Å². The summed E-state index contributed by atoms with van der Waals surface area (Å²) in [6, 6.07) is 15.8. The van der Waals surface area contributed by atoms with Gasteiger partial charge in [-0.25, -0.2) is 0 Å². The number of rotatable bonds is 4. The zero-order valence-electron chi connectivity index (χ0n) is 14.4. The Morgan fingerprint density at radius 1 is 1.04 bits per heavy atom. The van der Waals surface area contributed by atoms with Gasteiger partial charge in [0.05, 0.1) is 0 Å². The molecule has 4 heteroatoms. The van der Waals surface area contributed by atoms with Crippen molar-refractivity contribution in [2.75, 3.05) is 39.1 Å². The summed E-state index contributed by atoms with van der Waals surface area (Å²) in [5, 5.41) is 0.658. The second-order valence-electron chi connectivity index (χ2n) is 6.79. The van der Waals surface area contributed by atoms with Gasteiger partial charge in [0, 0.05) is 55.3 Å². The predicted molar refractivity (Wildman–Crippen MR) is 100 cm³/mol. The highest BCUT2D eigenvalue weighted by Gasteiger charge is 2.37. The molecule has 2 aromatic rings. The van der Waals surface area contributed by atoms with Crippen LogP contribution < -0.4 is 4.90 Å². The van der Waals surface area contributed by atoms with E-state index in [1.807, 2.05) is 26.2 Å². The average Bonchev–Trinajstić information content (AvgIpc) is 2.97. The van der Waals surface area contributed by atoms with Crippen LogP contribution in [0.15, 0.2) is 48.5 Å². The van der Waals surface area contributed by atoms with Gasteiger partial charge in [0.25, 0.3) is 0 Å². The van der Waals surface area contributed by atoms with E-state index in [9.17, 15) is 4.79 Å². The molecule has 126 valence electrons. The molecule has 0 aromatic heterocycles. The summed E-state index contributed by atoms with van der Waals surface area (Å²) < 4.78 is 0. The molecule has 1 heterocycles. The fourth-order valence-corrected chi connectivity index (χ4v) is 3.58. The van der Waals surface area contributed by atoms with Gasteiger partial charge in [-0.05, 0) is 49.0 Å². The number of benzene rings is 2. The lowest BCUT2D eigenvalue weighted by Crippen LogP contribution is -2.22. The van der Waals surface area contributed by atoms with Crippen LogP contribution in [0.1, 0.15) is 21.8 Å². The number of Topliss-reactive ketones (excluding diaryl/α,β-unsaturated/α-hetero) is 1.